The largest absolute Gasteiger partial charge is 0.383 e. The Labute approximate surface area is 120 Å². The standard InChI is InChI=1S/C14H24N4S/c1-3-5-11-6-4-8-18(9-7-11)13-10-12(15)16-14(17-13)19-2/h10-11H,3-9H2,1-2H3,(H2,15,16,17). The van der Waals surface area contributed by atoms with Crippen LogP contribution >= 0.6 is 11.8 Å². The lowest BCUT2D eigenvalue weighted by Crippen LogP contribution is -2.25. The van der Waals surface area contributed by atoms with Gasteiger partial charge in [-0.1, -0.05) is 31.5 Å². The molecule has 19 heavy (non-hydrogen) atoms. The summed E-state index contributed by atoms with van der Waals surface area (Å²) in [6, 6.07) is 1.90. The van der Waals surface area contributed by atoms with E-state index in [9.17, 15) is 0 Å². The molecule has 0 amide bonds. The van der Waals surface area contributed by atoms with Crippen molar-refractivity contribution in [2.45, 2.75) is 44.2 Å². The quantitative estimate of drug-likeness (QED) is 0.678. The highest BCUT2D eigenvalue weighted by atomic mass is 32.2. The number of aromatic nitrogens is 2. The SMILES string of the molecule is CCCC1CCCN(c2cc(N)nc(SC)n2)CC1. The van der Waals surface area contributed by atoms with Gasteiger partial charge in [0.15, 0.2) is 5.16 Å². The molecule has 1 saturated heterocycles. The number of anilines is 2. The molecule has 0 bridgehead atoms. The van der Waals surface area contributed by atoms with Gasteiger partial charge in [0.2, 0.25) is 0 Å². The van der Waals surface area contributed by atoms with Gasteiger partial charge in [-0.3, -0.25) is 0 Å². The minimum atomic E-state index is 0.573. The molecule has 1 unspecified atom stereocenters. The van der Waals surface area contributed by atoms with Crippen LogP contribution in [-0.4, -0.2) is 29.3 Å². The van der Waals surface area contributed by atoms with Crippen molar-refractivity contribution >= 4 is 23.4 Å². The van der Waals surface area contributed by atoms with Crippen LogP contribution in [0.1, 0.15) is 39.0 Å². The average molecular weight is 280 g/mol. The maximum absolute atomic E-state index is 5.86. The van der Waals surface area contributed by atoms with E-state index in [1.807, 2.05) is 12.3 Å². The average Bonchev–Trinajstić information content (AvgIpc) is 2.64. The van der Waals surface area contributed by atoms with Crippen LogP contribution in [-0.2, 0) is 0 Å². The van der Waals surface area contributed by atoms with E-state index >= 15 is 0 Å². The van der Waals surface area contributed by atoms with Crippen molar-refractivity contribution < 1.29 is 0 Å². The maximum Gasteiger partial charge on any atom is 0.191 e. The fourth-order valence-corrected chi connectivity index (χ4v) is 3.16. The Balaban J connectivity index is 2.07. The van der Waals surface area contributed by atoms with Gasteiger partial charge in [0, 0.05) is 19.2 Å². The van der Waals surface area contributed by atoms with Crippen LogP contribution in [0.3, 0.4) is 0 Å². The molecule has 1 aliphatic heterocycles. The van der Waals surface area contributed by atoms with Gasteiger partial charge >= 0.3 is 0 Å². The van der Waals surface area contributed by atoms with E-state index in [2.05, 4.69) is 21.8 Å². The van der Waals surface area contributed by atoms with Gasteiger partial charge in [0.1, 0.15) is 11.6 Å². The first kappa shape index (κ1) is 14.4. The Morgan fingerprint density at radius 3 is 2.95 bits per heavy atom. The van der Waals surface area contributed by atoms with Crippen molar-refractivity contribution in [1.82, 2.24) is 9.97 Å². The zero-order valence-corrected chi connectivity index (χ0v) is 12.7. The summed E-state index contributed by atoms with van der Waals surface area (Å²) in [5, 5.41) is 0.768. The van der Waals surface area contributed by atoms with Crippen molar-refractivity contribution in [2.75, 3.05) is 30.0 Å². The number of nitrogen functional groups attached to an aromatic ring is 1. The number of rotatable bonds is 4. The van der Waals surface area contributed by atoms with Gasteiger partial charge in [-0.05, 0) is 31.4 Å². The fourth-order valence-electron chi connectivity index (χ4n) is 2.77. The third-order valence-electron chi connectivity index (χ3n) is 3.76. The summed E-state index contributed by atoms with van der Waals surface area (Å²) >= 11 is 1.55. The molecule has 5 heteroatoms. The Kier molecular flexibility index (Phi) is 5.31. The lowest BCUT2D eigenvalue weighted by Gasteiger charge is -2.22. The topological polar surface area (TPSA) is 55.0 Å². The number of hydrogen-bond acceptors (Lipinski definition) is 5. The van der Waals surface area contributed by atoms with E-state index in [1.165, 1.54) is 32.1 Å². The van der Waals surface area contributed by atoms with Crippen molar-refractivity contribution in [3.63, 3.8) is 0 Å². The third kappa shape index (κ3) is 4.00. The van der Waals surface area contributed by atoms with E-state index in [-0.39, 0.29) is 0 Å². The highest BCUT2D eigenvalue weighted by Gasteiger charge is 2.18. The zero-order valence-electron chi connectivity index (χ0n) is 11.9. The van der Waals surface area contributed by atoms with E-state index in [4.69, 9.17) is 5.73 Å². The summed E-state index contributed by atoms with van der Waals surface area (Å²) in [6.45, 7) is 4.46. The molecule has 1 atom stereocenters. The third-order valence-corrected chi connectivity index (χ3v) is 4.31. The zero-order chi connectivity index (χ0) is 13.7. The first-order chi connectivity index (χ1) is 9.22. The fraction of sp³-hybridized carbons (Fsp3) is 0.714. The molecule has 106 valence electrons. The molecular formula is C14H24N4S. The predicted octanol–water partition coefficient (Wildman–Crippen LogP) is 3.19. The van der Waals surface area contributed by atoms with Crippen molar-refractivity contribution in [3.8, 4) is 0 Å². The first-order valence-corrected chi connectivity index (χ1v) is 8.39. The summed E-state index contributed by atoms with van der Waals surface area (Å²) in [7, 11) is 0. The normalized spacial score (nSPS) is 20.3. The number of nitrogens with two attached hydrogens (primary N) is 1. The Bertz CT molecular complexity index is 410. The molecule has 2 N–H and O–H groups in total. The second-order valence-electron chi connectivity index (χ2n) is 5.21. The molecule has 1 aliphatic rings. The Morgan fingerprint density at radius 1 is 1.37 bits per heavy atom. The second-order valence-corrected chi connectivity index (χ2v) is 5.98. The molecule has 1 fully saturated rings. The van der Waals surface area contributed by atoms with Gasteiger partial charge in [-0.15, -0.1) is 0 Å². The smallest absolute Gasteiger partial charge is 0.191 e. The van der Waals surface area contributed by atoms with Gasteiger partial charge in [0.25, 0.3) is 0 Å². The Morgan fingerprint density at radius 2 is 2.21 bits per heavy atom. The molecular weight excluding hydrogens is 256 g/mol. The van der Waals surface area contributed by atoms with Crippen LogP contribution in [0.15, 0.2) is 11.2 Å². The van der Waals surface area contributed by atoms with Gasteiger partial charge in [-0.2, -0.15) is 0 Å². The molecule has 0 radical (unpaired) electrons. The molecule has 0 spiro atoms. The van der Waals surface area contributed by atoms with Crippen LogP contribution in [0.5, 0.6) is 0 Å². The molecule has 2 rings (SSSR count). The maximum atomic E-state index is 5.86. The summed E-state index contributed by atoms with van der Waals surface area (Å²) < 4.78 is 0. The van der Waals surface area contributed by atoms with Crippen LogP contribution in [0.2, 0.25) is 0 Å². The minimum Gasteiger partial charge on any atom is -0.383 e. The van der Waals surface area contributed by atoms with E-state index in [1.54, 1.807) is 11.8 Å². The van der Waals surface area contributed by atoms with Crippen LogP contribution < -0.4 is 10.6 Å². The molecule has 2 heterocycles. The predicted molar refractivity (Wildman–Crippen MR) is 82.7 cm³/mol. The minimum absolute atomic E-state index is 0.573. The molecule has 0 saturated carbocycles. The van der Waals surface area contributed by atoms with Gasteiger partial charge in [-0.25, -0.2) is 9.97 Å². The number of nitrogens with zero attached hydrogens (tertiary/aromatic N) is 3. The highest BCUT2D eigenvalue weighted by Crippen LogP contribution is 2.26. The summed E-state index contributed by atoms with van der Waals surface area (Å²) in [4.78, 5) is 11.2. The van der Waals surface area contributed by atoms with E-state index < -0.39 is 0 Å². The van der Waals surface area contributed by atoms with Gasteiger partial charge < -0.3 is 10.6 Å². The monoisotopic (exact) mass is 280 g/mol. The van der Waals surface area contributed by atoms with Crippen molar-refractivity contribution in [1.29, 1.82) is 0 Å². The van der Waals surface area contributed by atoms with Gasteiger partial charge in [0.05, 0.1) is 0 Å². The Hall–Kier alpha value is -0.970. The summed E-state index contributed by atoms with van der Waals surface area (Å²) in [5.74, 6) is 2.45. The molecule has 1 aromatic heterocycles. The second kappa shape index (κ2) is 6.98. The van der Waals surface area contributed by atoms with Crippen molar-refractivity contribution in [2.24, 2.45) is 5.92 Å². The molecule has 0 aliphatic carbocycles. The molecule has 1 aromatic rings. The highest BCUT2D eigenvalue weighted by molar-refractivity contribution is 7.98. The van der Waals surface area contributed by atoms with Crippen LogP contribution in [0, 0.1) is 5.92 Å². The summed E-state index contributed by atoms with van der Waals surface area (Å²) in [5.41, 5.74) is 5.86. The molecule has 0 aromatic carbocycles. The van der Waals surface area contributed by atoms with Crippen LogP contribution in [0.25, 0.3) is 0 Å². The van der Waals surface area contributed by atoms with Crippen LogP contribution in [0.4, 0.5) is 11.6 Å². The lowest BCUT2D eigenvalue weighted by atomic mass is 9.96. The van der Waals surface area contributed by atoms with Crippen molar-refractivity contribution in [3.05, 3.63) is 6.07 Å². The van der Waals surface area contributed by atoms with E-state index in [0.717, 1.165) is 30.0 Å². The molecule has 4 nitrogen and oxygen atoms in total. The van der Waals surface area contributed by atoms with E-state index in [0.29, 0.717) is 5.82 Å². The number of thioether (sulfide) groups is 1. The number of hydrogen-bond donors (Lipinski definition) is 1. The first-order valence-electron chi connectivity index (χ1n) is 7.16. The lowest BCUT2D eigenvalue weighted by molar-refractivity contribution is 0.435. The summed E-state index contributed by atoms with van der Waals surface area (Å²) in [6.07, 6.45) is 8.51.